The molecule has 5 heteroatoms. The van der Waals surface area contributed by atoms with E-state index in [1.807, 2.05) is 23.7 Å². The highest BCUT2D eigenvalue weighted by Gasteiger charge is 2.24. The molecule has 6 aromatic rings. The summed E-state index contributed by atoms with van der Waals surface area (Å²) in [4.78, 5) is 14.4. The first-order valence-corrected chi connectivity index (χ1v) is 15.3. The van der Waals surface area contributed by atoms with Crippen molar-refractivity contribution < 1.29 is 0 Å². The Morgan fingerprint density at radius 1 is 1.05 bits per heavy atom. The third-order valence-electron chi connectivity index (χ3n) is 8.03. The monoisotopic (exact) mass is 556 g/mol. The molecule has 0 saturated heterocycles. The number of aryl methyl sites for hydroxylation is 3. The molecule has 3 aromatic heterocycles. The van der Waals surface area contributed by atoms with E-state index in [0.717, 1.165) is 37.3 Å². The number of aromatic nitrogens is 3. The van der Waals surface area contributed by atoms with Crippen LogP contribution in [-0.2, 0) is 12.8 Å². The lowest BCUT2D eigenvalue weighted by Gasteiger charge is -2.17. The Kier molecular flexibility index (Phi) is 7.28. The molecule has 0 atom stereocenters. The molecule has 2 N–H and O–H groups in total. The molecule has 0 fully saturated rings. The fourth-order valence-corrected chi connectivity index (χ4v) is 7.24. The molecule has 4 nitrogen and oxygen atoms in total. The van der Waals surface area contributed by atoms with Gasteiger partial charge in [0.25, 0.3) is 0 Å². The molecule has 0 saturated carbocycles. The topological polar surface area (TPSA) is 53.6 Å². The molecular formula is C36H36N4S. The predicted octanol–water partition coefficient (Wildman–Crippen LogP) is 9.65. The third-order valence-corrected chi connectivity index (χ3v) is 9.29. The number of nitrogens with zero attached hydrogens (tertiary/aromatic N) is 2. The van der Waals surface area contributed by atoms with E-state index in [0.29, 0.717) is 5.92 Å². The Balaban J connectivity index is 0.000000967. The van der Waals surface area contributed by atoms with Crippen LogP contribution in [0.15, 0.2) is 54.9 Å². The summed E-state index contributed by atoms with van der Waals surface area (Å²) in [6, 6.07) is 16.1. The van der Waals surface area contributed by atoms with E-state index in [2.05, 4.69) is 97.8 Å². The highest BCUT2D eigenvalue weighted by atomic mass is 32.1. The number of aromatic amines is 1. The number of anilines is 1. The molecule has 0 amide bonds. The lowest BCUT2D eigenvalue weighted by molar-refractivity contribution is 0.787. The Morgan fingerprint density at radius 2 is 1.88 bits per heavy atom. The van der Waals surface area contributed by atoms with Crippen LogP contribution in [0.2, 0.25) is 0 Å². The van der Waals surface area contributed by atoms with Crippen LogP contribution >= 0.6 is 11.3 Å². The summed E-state index contributed by atoms with van der Waals surface area (Å²) < 4.78 is 1.40. The standard InChI is InChI=1S/C33H32N4S.C3H4/c1-5-13-35-30-19(4)27-17-34-14-12-22(27)26-15-20(6-8-24(26)30)29-16-21-7-9-23-25(32(21)38-29)10-11-28-31(23)37-33(36-28)18(2)3;1-3-2/h6-9,12,14-18,35H,5,10-11,13H2,1-4H3,(H,36,37);1H,2H3. The minimum absolute atomic E-state index is 0.405. The largest absolute Gasteiger partial charge is 0.384 e. The number of hydrogen-bond donors (Lipinski definition) is 2. The van der Waals surface area contributed by atoms with Crippen LogP contribution in [0.5, 0.6) is 0 Å². The van der Waals surface area contributed by atoms with E-state index in [4.69, 9.17) is 4.98 Å². The molecule has 3 heterocycles. The van der Waals surface area contributed by atoms with E-state index in [9.17, 15) is 0 Å². The number of pyridine rings is 1. The fourth-order valence-electron chi connectivity index (χ4n) is 6.01. The van der Waals surface area contributed by atoms with Gasteiger partial charge in [0.2, 0.25) is 0 Å². The summed E-state index contributed by atoms with van der Waals surface area (Å²) >= 11 is 1.92. The second kappa shape index (κ2) is 11.0. The summed E-state index contributed by atoms with van der Waals surface area (Å²) in [7, 11) is 0. The van der Waals surface area contributed by atoms with Crippen molar-refractivity contribution in [2.24, 2.45) is 0 Å². The number of fused-ring (bicyclic) bond motifs is 8. The third kappa shape index (κ3) is 4.67. The second-order valence-electron chi connectivity index (χ2n) is 11.1. The molecule has 0 bridgehead atoms. The zero-order valence-electron chi connectivity index (χ0n) is 24.5. The molecule has 206 valence electrons. The van der Waals surface area contributed by atoms with Gasteiger partial charge in [0, 0.05) is 62.2 Å². The SMILES string of the molecule is C#CC.CCCNc1c(C)c2cnccc2c2cc(-c3cc4ccc5c(c4s3)CCc3[nH]c(C(C)C)nc3-5)ccc12. The quantitative estimate of drug-likeness (QED) is 0.164. The number of H-pyrrole nitrogens is 1. The molecule has 0 unspecified atom stereocenters. The van der Waals surface area contributed by atoms with Crippen molar-refractivity contribution >= 4 is 48.7 Å². The molecule has 7 rings (SSSR count). The molecule has 1 aliphatic rings. The lowest BCUT2D eigenvalue weighted by atomic mass is 9.91. The molecule has 0 spiro atoms. The average Bonchev–Trinajstić information content (AvgIpc) is 3.63. The number of nitrogens with one attached hydrogen (secondary N) is 2. The first kappa shape index (κ1) is 27.1. The normalized spacial score (nSPS) is 12.2. The minimum Gasteiger partial charge on any atom is -0.384 e. The summed E-state index contributed by atoms with van der Waals surface area (Å²) in [5, 5.41) is 10.1. The highest BCUT2D eigenvalue weighted by Crippen LogP contribution is 2.44. The summed E-state index contributed by atoms with van der Waals surface area (Å²) in [6.45, 7) is 11.4. The molecule has 0 aliphatic heterocycles. The van der Waals surface area contributed by atoms with Gasteiger partial charge < -0.3 is 10.3 Å². The number of thiophene rings is 1. The zero-order chi connectivity index (χ0) is 28.7. The van der Waals surface area contributed by atoms with Crippen LogP contribution in [0, 0.1) is 19.3 Å². The summed E-state index contributed by atoms with van der Waals surface area (Å²) in [6.07, 6.45) is 11.7. The molecule has 3 aromatic carbocycles. The van der Waals surface area contributed by atoms with Gasteiger partial charge in [0.15, 0.2) is 0 Å². The maximum atomic E-state index is 5.00. The van der Waals surface area contributed by atoms with Crippen molar-refractivity contribution in [2.75, 3.05) is 11.9 Å². The van der Waals surface area contributed by atoms with Gasteiger partial charge in [-0.1, -0.05) is 45.0 Å². The van der Waals surface area contributed by atoms with E-state index in [-0.39, 0.29) is 0 Å². The summed E-state index contributed by atoms with van der Waals surface area (Å²) in [5.41, 5.74) is 8.97. The maximum Gasteiger partial charge on any atom is 0.109 e. The number of terminal acetylenes is 1. The van der Waals surface area contributed by atoms with Crippen molar-refractivity contribution in [3.05, 3.63) is 77.5 Å². The van der Waals surface area contributed by atoms with Gasteiger partial charge in [-0.15, -0.1) is 23.7 Å². The van der Waals surface area contributed by atoms with Gasteiger partial charge in [-0.25, -0.2) is 4.98 Å². The Hall–Kier alpha value is -4.14. The second-order valence-corrected chi connectivity index (χ2v) is 12.2. The number of imidazole rings is 1. The maximum absolute atomic E-state index is 5.00. The van der Waals surface area contributed by atoms with Gasteiger partial charge in [-0.05, 0) is 84.2 Å². The first-order chi connectivity index (χ1) is 19.9. The lowest BCUT2D eigenvalue weighted by Crippen LogP contribution is -2.03. The molecule has 1 aliphatic carbocycles. The smallest absolute Gasteiger partial charge is 0.109 e. The van der Waals surface area contributed by atoms with Crippen molar-refractivity contribution in [1.82, 2.24) is 15.0 Å². The Labute approximate surface area is 246 Å². The van der Waals surface area contributed by atoms with Crippen LogP contribution in [0.1, 0.15) is 62.7 Å². The Morgan fingerprint density at radius 3 is 2.66 bits per heavy atom. The van der Waals surface area contributed by atoms with Crippen LogP contribution in [0.3, 0.4) is 0 Å². The first-order valence-electron chi connectivity index (χ1n) is 14.5. The molecule has 0 radical (unpaired) electrons. The van der Waals surface area contributed by atoms with E-state index < -0.39 is 0 Å². The molecular weight excluding hydrogens is 520 g/mol. The zero-order valence-corrected chi connectivity index (χ0v) is 25.3. The van der Waals surface area contributed by atoms with Gasteiger partial charge >= 0.3 is 0 Å². The number of hydrogen-bond acceptors (Lipinski definition) is 4. The Bertz CT molecular complexity index is 1950. The van der Waals surface area contributed by atoms with Crippen molar-refractivity contribution in [2.45, 2.75) is 59.8 Å². The van der Waals surface area contributed by atoms with Gasteiger partial charge in [-0.3, -0.25) is 4.98 Å². The van der Waals surface area contributed by atoms with Gasteiger partial charge in [0.05, 0.1) is 5.69 Å². The van der Waals surface area contributed by atoms with E-state index in [1.165, 1.54) is 70.1 Å². The van der Waals surface area contributed by atoms with Gasteiger partial charge in [0.1, 0.15) is 5.82 Å². The van der Waals surface area contributed by atoms with Gasteiger partial charge in [-0.2, -0.15) is 0 Å². The van der Waals surface area contributed by atoms with E-state index in [1.54, 1.807) is 6.92 Å². The van der Waals surface area contributed by atoms with Crippen LogP contribution in [-0.4, -0.2) is 21.5 Å². The fraction of sp³-hybridized carbons (Fsp3) is 0.278. The van der Waals surface area contributed by atoms with E-state index >= 15 is 0 Å². The van der Waals surface area contributed by atoms with Crippen molar-refractivity contribution in [3.63, 3.8) is 0 Å². The van der Waals surface area contributed by atoms with Crippen LogP contribution < -0.4 is 5.32 Å². The number of rotatable bonds is 5. The average molecular weight is 557 g/mol. The van der Waals surface area contributed by atoms with Crippen LogP contribution in [0.4, 0.5) is 5.69 Å². The minimum atomic E-state index is 0.405. The number of benzene rings is 3. The summed E-state index contributed by atoms with van der Waals surface area (Å²) in [5.74, 6) is 3.75. The predicted molar refractivity (Wildman–Crippen MR) is 177 cm³/mol. The van der Waals surface area contributed by atoms with Crippen molar-refractivity contribution in [3.8, 4) is 34.0 Å². The van der Waals surface area contributed by atoms with Crippen LogP contribution in [0.25, 0.3) is 53.3 Å². The molecule has 41 heavy (non-hydrogen) atoms. The highest BCUT2D eigenvalue weighted by molar-refractivity contribution is 7.22. The van der Waals surface area contributed by atoms with Crippen molar-refractivity contribution in [1.29, 1.82) is 0 Å².